The summed E-state index contributed by atoms with van der Waals surface area (Å²) in [5, 5.41) is 2.99. The van der Waals surface area contributed by atoms with Crippen LogP contribution in [-0.2, 0) is 4.79 Å². The Bertz CT molecular complexity index is 156. The Hall–Kier alpha value is -0.240. The van der Waals surface area contributed by atoms with Crippen molar-refractivity contribution in [2.45, 2.75) is 52.4 Å². The standard InChI is InChI=1S/C12H24ClNO/c1-3-5-7-12(15)14-10-11(6-4-2)8-9-13/h11H,3-10H2,1-2H3,(H,14,15). The summed E-state index contributed by atoms with van der Waals surface area (Å²) in [6, 6.07) is 0. The van der Waals surface area contributed by atoms with E-state index in [1.165, 1.54) is 0 Å². The Morgan fingerprint density at radius 3 is 2.53 bits per heavy atom. The van der Waals surface area contributed by atoms with Crippen LogP contribution in [0.3, 0.4) is 0 Å². The molecule has 0 rings (SSSR count). The Morgan fingerprint density at radius 2 is 2.00 bits per heavy atom. The maximum Gasteiger partial charge on any atom is 0.220 e. The van der Waals surface area contributed by atoms with E-state index >= 15 is 0 Å². The highest BCUT2D eigenvalue weighted by Crippen LogP contribution is 2.11. The van der Waals surface area contributed by atoms with Crippen LogP contribution in [0.15, 0.2) is 0 Å². The first-order valence-corrected chi connectivity index (χ1v) is 6.60. The van der Waals surface area contributed by atoms with Crippen LogP contribution in [0, 0.1) is 5.92 Å². The average Bonchev–Trinajstić information content (AvgIpc) is 2.23. The third-order valence-corrected chi connectivity index (χ3v) is 2.78. The van der Waals surface area contributed by atoms with Gasteiger partial charge in [0.1, 0.15) is 0 Å². The SMILES string of the molecule is CCCCC(=O)NCC(CCC)CCCl. The summed E-state index contributed by atoms with van der Waals surface area (Å²) < 4.78 is 0. The van der Waals surface area contributed by atoms with Crippen LogP contribution in [0.25, 0.3) is 0 Å². The Labute approximate surface area is 98.8 Å². The molecule has 0 aromatic rings. The van der Waals surface area contributed by atoms with Crippen molar-refractivity contribution in [1.29, 1.82) is 0 Å². The minimum Gasteiger partial charge on any atom is -0.356 e. The molecule has 0 heterocycles. The molecule has 0 aromatic carbocycles. The Kier molecular flexibility index (Phi) is 10.1. The summed E-state index contributed by atoms with van der Waals surface area (Å²) in [5.41, 5.74) is 0. The van der Waals surface area contributed by atoms with Gasteiger partial charge in [0.05, 0.1) is 0 Å². The van der Waals surface area contributed by atoms with Crippen molar-refractivity contribution in [3.63, 3.8) is 0 Å². The third kappa shape index (κ3) is 8.73. The Balaban J connectivity index is 3.62. The summed E-state index contributed by atoms with van der Waals surface area (Å²) in [6.45, 7) is 5.06. The molecule has 0 saturated heterocycles. The fraction of sp³-hybridized carbons (Fsp3) is 0.917. The minimum absolute atomic E-state index is 0.188. The van der Waals surface area contributed by atoms with Crippen molar-refractivity contribution in [2.75, 3.05) is 12.4 Å². The molecule has 2 nitrogen and oxygen atoms in total. The molecule has 0 aliphatic rings. The van der Waals surface area contributed by atoms with Crippen LogP contribution in [0.5, 0.6) is 0 Å². The lowest BCUT2D eigenvalue weighted by molar-refractivity contribution is -0.121. The van der Waals surface area contributed by atoms with Gasteiger partial charge in [0.15, 0.2) is 0 Å². The molecule has 0 bridgehead atoms. The summed E-state index contributed by atoms with van der Waals surface area (Å²) in [6.07, 6.45) is 6.04. The number of halogens is 1. The largest absolute Gasteiger partial charge is 0.356 e. The average molecular weight is 234 g/mol. The highest BCUT2D eigenvalue weighted by atomic mass is 35.5. The van der Waals surface area contributed by atoms with Crippen molar-refractivity contribution in [3.05, 3.63) is 0 Å². The molecule has 0 spiro atoms. The van der Waals surface area contributed by atoms with Gasteiger partial charge < -0.3 is 5.32 Å². The van der Waals surface area contributed by atoms with Crippen molar-refractivity contribution < 1.29 is 4.79 Å². The van der Waals surface area contributed by atoms with Gasteiger partial charge in [-0.1, -0.05) is 26.7 Å². The first-order valence-electron chi connectivity index (χ1n) is 6.07. The van der Waals surface area contributed by atoms with E-state index in [1.54, 1.807) is 0 Å². The van der Waals surface area contributed by atoms with Crippen LogP contribution in [0.4, 0.5) is 0 Å². The molecule has 0 aromatic heterocycles. The van der Waals surface area contributed by atoms with Gasteiger partial charge in [-0.15, -0.1) is 11.6 Å². The molecule has 1 atom stereocenters. The predicted octanol–water partition coefficient (Wildman–Crippen LogP) is 3.34. The van der Waals surface area contributed by atoms with Crippen molar-refractivity contribution in [3.8, 4) is 0 Å². The van der Waals surface area contributed by atoms with Gasteiger partial charge in [-0.05, 0) is 25.2 Å². The van der Waals surface area contributed by atoms with E-state index in [0.717, 1.165) is 38.6 Å². The van der Waals surface area contributed by atoms with Gasteiger partial charge in [-0.3, -0.25) is 4.79 Å². The first-order chi connectivity index (χ1) is 7.24. The normalized spacial score (nSPS) is 12.5. The predicted molar refractivity (Wildman–Crippen MR) is 66.3 cm³/mol. The quantitative estimate of drug-likeness (QED) is 0.608. The van der Waals surface area contributed by atoms with Crippen molar-refractivity contribution in [1.82, 2.24) is 5.32 Å². The van der Waals surface area contributed by atoms with Gasteiger partial charge in [0.2, 0.25) is 5.91 Å². The number of alkyl halides is 1. The number of hydrogen-bond donors (Lipinski definition) is 1. The van der Waals surface area contributed by atoms with Gasteiger partial charge in [0, 0.05) is 18.8 Å². The van der Waals surface area contributed by atoms with Crippen molar-refractivity contribution >= 4 is 17.5 Å². The van der Waals surface area contributed by atoms with Crippen LogP contribution in [0.2, 0.25) is 0 Å². The smallest absolute Gasteiger partial charge is 0.220 e. The topological polar surface area (TPSA) is 29.1 Å². The maximum absolute atomic E-state index is 11.4. The van der Waals surface area contributed by atoms with Crippen LogP contribution in [0.1, 0.15) is 52.4 Å². The van der Waals surface area contributed by atoms with E-state index in [1.807, 2.05) is 0 Å². The molecule has 1 N–H and O–H groups in total. The van der Waals surface area contributed by atoms with E-state index in [-0.39, 0.29) is 5.91 Å². The molecule has 3 heteroatoms. The van der Waals surface area contributed by atoms with Crippen LogP contribution >= 0.6 is 11.6 Å². The second-order valence-electron chi connectivity index (χ2n) is 4.04. The van der Waals surface area contributed by atoms with Crippen molar-refractivity contribution in [2.24, 2.45) is 5.92 Å². The first kappa shape index (κ1) is 14.8. The summed E-state index contributed by atoms with van der Waals surface area (Å²) in [4.78, 5) is 11.4. The molecular formula is C12H24ClNO. The summed E-state index contributed by atoms with van der Waals surface area (Å²) >= 11 is 5.72. The van der Waals surface area contributed by atoms with E-state index in [2.05, 4.69) is 19.2 Å². The zero-order valence-corrected chi connectivity index (χ0v) is 10.8. The summed E-state index contributed by atoms with van der Waals surface area (Å²) in [7, 11) is 0. The third-order valence-electron chi connectivity index (χ3n) is 2.56. The highest BCUT2D eigenvalue weighted by molar-refractivity contribution is 6.17. The van der Waals surface area contributed by atoms with E-state index in [0.29, 0.717) is 18.2 Å². The monoisotopic (exact) mass is 233 g/mol. The fourth-order valence-electron chi connectivity index (χ4n) is 1.59. The number of unbranched alkanes of at least 4 members (excludes halogenated alkanes) is 1. The number of hydrogen-bond acceptors (Lipinski definition) is 1. The van der Waals surface area contributed by atoms with E-state index < -0.39 is 0 Å². The molecule has 1 amide bonds. The molecule has 0 saturated carbocycles. The number of nitrogens with one attached hydrogen (secondary N) is 1. The second-order valence-corrected chi connectivity index (χ2v) is 4.42. The lowest BCUT2D eigenvalue weighted by Gasteiger charge is -2.15. The zero-order valence-electron chi connectivity index (χ0n) is 10.0. The van der Waals surface area contributed by atoms with E-state index in [9.17, 15) is 4.79 Å². The van der Waals surface area contributed by atoms with E-state index in [4.69, 9.17) is 11.6 Å². The molecule has 1 unspecified atom stereocenters. The molecule has 15 heavy (non-hydrogen) atoms. The number of rotatable bonds is 9. The molecule has 0 fully saturated rings. The summed E-state index contributed by atoms with van der Waals surface area (Å²) in [5.74, 6) is 1.43. The molecule has 90 valence electrons. The van der Waals surface area contributed by atoms with Gasteiger partial charge in [-0.25, -0.2) is 0 Å². The van der Waals surface area contributed by atoms with Crippen LogP contribution in [-0.4, -0.2) is 18.3 Å². The lowest BCUT2D eigenvalue weighted by Crippen LogP contribution is -2.29. The Morgan fingerprint density at radius 1 is 1.27 bits per heavy atom. The molecule has 0 radical (unpaired) electrons. The molecule has 0 aliphatic carbocycles. The number of carbonyl (C=O) groups is 1. The van der Waals surface area contributed by atoms with Gasteiger partial charge in [-0.2, -0.15) is 0 Å². The minimum atomic E-state index is 0.188. The molecular weight excluding hydrogens is 210 g/mol. The number of carbonyl (C=O) groups excluding carboxylic acids is 1. The molecule has 0 aliphatic heterocycles. The van der Waals surface area contributed by atoms with Gasteiger partial charge >= 0.3 is 0 Å². The maximum atomic E-state index is 11.4. The van der Waals surface area contributed by atoms with Crippen LogP contribution < -0.4 is 5.32 Å². The highest BCUT2D eigenvalue weighted by Gasteiger charge is 2.08. The number of amides is 1. The zero-order chi connectivity index (χ0) is 11.5. The fourth-order valence-corrected chi connectivity index (χ4v) is 1.90. The second kappa shape index (κ2) is 10.3. The van der Waals surface area contributed by atoms with Gasteiger partial charge in [0.25, 0.3) is 0 Å². The lowest BCUT2D eigenvalue weighted by atomic mass is 10.0.